The van der Waals surface area contributed by atoms with E-state index in [2.05, 4.69) is 4.98 Å². The fourth-order valence-corrected chi connectivity index (χ4v) is 2.04. The summed E-state index contributed by atoms with van der Waals surface area (Å²) in [5, 5.41) is 10.4. The minimum Gasteiger partial charge on any atom is -0.383 e. The van der Waals surface area contributed by atoms with Crippen LogP contribution >= 0.6 is 0 Å². The highest BCUT2D eigenvalue weighted by Crippen LogP contribution is 2.31. The van der Waals surface area contributed by atoms with Crippen molar-refractivity contribution in [2.75, 3.05) is 0 Å². The molecule has 2 aromatic rings. The second-order valence-electron chi connectivity index (χ2n) is 5.01. The molecule has 1 heterocycles. The zero-order valence-corrected chi connectivity index (χ0v) is 11.2. The molecule has 0 radical (unpaired) electrons. The van der Waals surface area contributed by atoms with Gasteiger partial charge in [0.15, 0.2) is 0 Å². The lowest BCUT2D eigenvalue weighted by Crippen LogP contribution is -2.25. The number of nitrogens with zero attached hydrogens (tertiary/aromatic N) is 1. The molecule has 0 amide bonds. The summed E-state index contributed by atoms with van der Waals surface area (Å²) in [6.45, 7) is 1.42. The molecule has 0 saturated heterocycles. The quantitative estimate of drug-likeness (QED) is 0.877. The Hall–Kier alpha value is -1.95. The summed E-state index contributed by atoms with van der Waals surface area (Å²) in [5.74, 6) is -0.548. The van der Waals surface area contributed by atoms with Gasteiger partial charge in [-0.15, -0.1) is 0 Å². The number of hydrogen-bond donors (Lipinski definition) is 1. The molecule has 0 aliphatic rings. The van der Waals surface area contributed by atoms with Crippen molar-refractivity contribution in [1.82, 2.24) is 4.98 Å². The lowest BCUT2D eigenvalue weighted by Gasteiger charge is -2.23. The number of rotatable bonds is 3. The van der Waals surface area contributed by atoms with E-state index in [9.17, 15) is 22.7 Å². The molecule has 112 valence electrons. The van der Waals surface area contributed by atoms with E-state index < -0.39 is 23.2 Å². The van der Waals surface area contributed by atoms with Gasteiger partial charge in [0.05, 0.1) is 17.5 Å². The van der Waals surface area contributed by atoms with Crippen molar-refractivity contribution >= 4 is 0 Å². The van der Waals surface area contributed by atoms with Crippen LogP contribution in [-0.4, -0.2) is 10.1 Å². The first-order valence-corrected chi connectivity index (χ1v) is 6.19. The average Bonchev–Trinajstić information content (AvgIpc) is 2.38. The van der Waals surface area contributed by atoms with Gasteiger partial charge in [0.25, 0.3) is 0 Å². The number of aliphatic hydroxyl groups is 1. The van der Waals surface area contributed by atoms with Crippen molar-refractivity contribution in [2.45, 2.75) is 25.1 Å². The van der Waals surface area contributed by atoms with E-state index in [1.807, 2.05) is 0 Å². The van der Waals surface area contributed by atoms with Gasteiger partial charge in [-0.05, 0) is 30.7 Å². The van der Waals surface area contributed by atoms with Gasteiger partial charge in [-0.1, -0.05) is 18.2 Å². The maximum atomic E-state index is 12.8. The Morgan fingerprint density at radius 3 is 2.43 bits per heavy atom. The van der Waals surface area contributed by atoms with Gasteiger partial charge in [-0.25, -0.2) is 4.39 Å². The lowest BCUT2D eigenvalue weighted by molar-refractivity contribution is -0.137. The van der Waals surface area contributed by atoms with Crippen LogP contribution in [0.1, 0.15) is 23.7 Å². The van der Waals surface area contributed by atoms with E-state index in [1.54, 1.807) is 0 Å². The third-order valence-electron chi connectivity index (χ3n) is 3.08. The Morgan fingerprint density at radius 2 is 1.86 bits per heavy atom. The zero-order valence-electron chi connectivity index (χ0n) is 11.2. The summed E-state index contributed by atoms with van der Waals surface area (Å²) in [7, 11) is 0. The number of alkyl halides is 3. The van der Waals surface area contributed by atoms with Crippen LogP contribution in [0.25, 0.3) is 0 Å². The highest BCUT2D eigenvalue weighted by molar-refractivity contribution is 5.28. The van der Waals surface area contributed by atoms with Crippen LogP contribution < -0.4 is 0 Å². The summed E-state index contributed by atoms with van der Waals surface area (Å²) in [4.78, 5) is 3.77. The van der Waals surface area contributed by atoms with Gasteiger partial charge in [-0.3, -0.25) is 4.98 Å². The van der Waals surface area contributed by atoms with Gasteiger partial charge < -0.3 is 5.11 Å². The van der Waals surface area contributed by atoms with E-state index in [1.165, 1.54) is 25.1 Å². The Morgan fingerprint density at radius 1 is 1.14 bits per heavy atom. The topological polar surface area (TPSA) is 33.1 Å². The summed E-state index contributed by atoms with van der Waals surface area (Å²) in [6.07, 6.45) is -3.54. The second-order valence-corrected chi connectivity index (χ2v) is 5.01. The minimum absolute atomic E-state index is 0.0600. The third kappa shape index (κ3) is 3.78. The maximum Gasteiger partial charge on any atom is 0.416 e. The van der Waals surface area contributed by atoms with Gasteiger partial charge in [0.2, 0.25) is 0 Å². The second kappa shape index (κ2) is 5.44. The standard InChI is InChI=1S/C15H13F4NO/c1-14(21,13-6-5-12(16)9-20-13)8-10-3-2-4-11(7-10)15(17,18)19/h2-7,9,21H,8H2,1H3. The van der Waals surface area contributed by atoms with Crippen molar-refractivity contribution in [3.8, 4) is 0 Å². The highest BCUT2D eigenvalue weighted by atomic mass is 19.4. The largest absolute Gasteiger partial charge is 0.416 e. The van der Waals surface area contributed by atoms with Crippen LogP contribution in [0.4, 0.5) is 17.6 Å². The molecule has 0 fully saturated rings. The molecule has 0 aliphatic heterocycles. The minimum atomic E-state index is -4.43. The number of benzene rings is 1. The first-order chi connectivity index (χ1) is 9.68. The number of hydrogen-bond acceptors (Lipinski definition) is 2. The maximum absolute atomic E-state index is 12.8. The van der Waals surface area contributed by atoms with Crippen molar-refractivity contribution < 1.29 is 22.7 Å². The van der Waals surface area contributed by atoms with Gasteiger partial charge >= 0.3 is 6.18 Å². The molecule has 1 N–H and O–H groups in total. The number of pyridine rings is 1. The summed E-state index contributed by atoms with van der Waals surface area (Å²) in [6, 6.07) is 7.18. The van der Waals surface area contributed by atoms with Crippen LogP contribution in [-0.2, 0) is 18.2 Å². The average molecular weight is 299 g/mol. The molecular weight excluding hydrogens is 286 g/mol. The molecule has 1 aromatic heterocycles. The van der Waals surface area contributed by atoms with Gasteiger partial charge in [0, 0.05) is 6.42 Å². The predicted octanol–water partition coefficient (Wildman–Crippen LogP) is 3.69. The molecule has 0 aliphatic carbocycles. The Labute approximate surface area is 119 Å². The van der Waals surface area contributed by atoms with E-state index in [0.717, 1.165) is 24.4 Å². The molecule has 21 heavy (non-hydrogen) atoms. The summed E-state index contributed by atoms with van der Waals surface area (Å²) >= 11 is 0. The lowest BCUT2D eigenvalue weighted by atomic mass is 9.92. The van der Waals surface area contributed by atoms with Gasteiger partial charge in [0.1, 0.15) is 11.4 Å². The molecule has 0 bridgehead atoms. The Kier molecular flexibility index (Phi) is 4.00. The fourth-order valence-electron chi connectivity index (χ4n) is 2.04. The fraction of sp³-hybridized carbons (Fsp3) is 0.267. The highest BCUT2D eigenvalue weighted by Gasteiger charge is 2.31. The Bertz CT molecular complexity index is 620. The first-order valence-electron chi connectivity index (χ1n) is 6.19. The van der Waals surface area contributed by atoms with Crippen LogP contribution in [0.5, 0.6) is 0 Å². The normalized spacial score (nSPS) is 14.8. The molecule has 1 aromatic carbocycles. The van der Waals surface area contributed by atoms with E-state index in [0.29, 0.717) is 5.56 Å². The summed E-state index contributed by atoms with van der Waals surface area (Å²) < 4.78 is 50.8. The van der Waals surface area contributed by atoms with Crippen molar-refractivity contribution in [2.24, 2.45) is 0 Å². The number of aromatic nitrogens is 1. The molecule has 6 heteroatoms. The molecule has 2 nitrogen and oxygen atoms in total. The van der Waals surface area contributed by atoms with E-state index >= 15 is 0 Å². The van der Waals surface area contributed by atoms with Crippen molar-refractivity contribution in [3.63, 3.8) is 0 Å². The van der Waals surface area contributed by atoms with Crippen molar-refractivity contribution in [3.05, 3.63) is 65.2 Å². The van der Waals surface area contributed by atoms with Crippen LogP contribution in [0.15, 0.2) is 42.6 Å². The smallest absolute Gasteiger partial charge is 0.383 e. The molecule has 2 rings (SSSR count). The van der Waals surface area contributed by atoms with Crippen LogP contribution in [0, 0.1) is 5.82 Å². The van der Waals surface area contributed by atoms with Crippen LogP contribution in [0.2, 0.25) is 0 Å². The Balaban J connectivity index is 2.26. The van der Waals surface area contributed by atoms with Crippen molar-refractivity contribution in [1.29, 1.82) is 0 Å². The number of halogens is 4. The molecule has 0 spiro atoms. The SMILES string of the molecule is CC(O)(Cc1cccc(C(F)(F)F)c1)c1ccc(F)cn1. The monoisotopic (exact) mass is 299 g/mol. The molecule has 1 unspecified atom stereocenters. The third-order valence-corrected chi connectivity index (χ3v) is 3.08. The van der Waals surface area contributed by atoms with E-state index in [-0.39, 0.29) is 12.1 Å². The first kappa shape index (κ1) is 15.4. The molecule has 0 saturated carbocycles. The predicted molar refractivity (Wildman–Crippen MR) is 68.9 cm³/mol. The zero-order chi connectivity index (χ0) is 15.7. The summed E-state index contributed by atoms with van der Waals surface area (Å²) in [5.41, 5.74) is -1.75. The molecule has 1 atom stereocenters. The van der Waals surface area contributed by atoms with E-state index in [4.69, 9.17) is 0 Å². The molecular formula is C15H13F4NO. The van der Waals surface area contributed by atoms with Crippen LogP contribution in [0.3, 0.4) is 0 Å². The van der Waals surface area contributed by atoms with Gasteiger partial charge in [-0.2, -0.15) is 13.2 Å².